The van der Waals surface area contributed by atoms with Gasteiger partial charge in [0.25, 0.3) is 0 Å². The predicted molar refractivity (Wildman–Crippen MR) is 65.1 cm³/mol. The zero-order valence-corrected chi connectivity index (χ0v) is 9.27. The van der Waals surface area contributed by atoms with Crippen LogP contribution in [0.1, 0.15) is 25.1 Å². The average Bonchev–Trinajstić information content (AvgIpc) is 2.25. The second kappa shape index (κ2) is 5.25. The number of aromatic nitrogens is 2. The minimum absolute atomic E-state index is 0.440. The molecule has 0 N–H and O–H groups in total. The maximum absolute atomic E-state index is 4.21. The monoisotopic (exact) mass is 200 g/mol. The molecule has 0 atom stereocenters. The summed E-state index contributed by atoms with van der Waals surface area (Å²) in [4.78, 5) is 8.17. The fourth-order valence-electron chi connectivity index (χ4n) is 1.25. The smallest absolute Gasteiger partial charge is 0.116 e. The molecule has 2 heteroatoms. The normalized spacial score (nSPS) is 11.5. The van der Waals surface area contributed by atoms with Crippen LogP contribution < -0.4 is 0 Å². The molecule has 0 unspecified atom stereocenters. The molecule has 0 bridgehead atoms. The molecule has 0 radical (unpaired) electrons. The van der Waals surface area contributed by atoms with E-state index in [0.29, 0.717) is 5.92 Å². The van der Waals surface area contributed by atoms with Crippen molar-refractivity contribution >= 4 is 12.2 Å². The second-order valence-corrected chi connectivity index (χ2v) is 3.57. The van der Waals surface area contributed by atoms with Gasteiger partial charge in [-0.2, -0.15) is 0 Å². The molecule has 0 aliphatic carbocycles. The van der Waals surface area contributed by atoms with Gasteiger partial charge in [0.05, 0.1) is 5.69 Å². The summed E-state index contributed by atoms with van der Waals surface area (Å²) in [6, 6.07) is 0. The van der Waals surface area contributed by atoms with E-state index in [1.807, 2.05) is 12.2 Å². The first kappa shape index (κ1) is 11.4. The second-order valence-electron chi connectivity index (χ2n) is 3.57. The van der Waals surface area contributed by atoms with Crippen LogP contribution in [0.3, 0.4) is 0 Å². The summed E-state index contributed by atoms with van der Waals surface area (Å²) in [5.41, 5.74) is 3.00. The van der Waals surface area contributed by atoms with E-state index < -0.39 is 0 Å². The van der Waals surface area contributed by atoms with Crippen LogP contribution in [0.25, 0.3) is 12.2 Å². The van der Waals surface area contributed by atoms with Crippen molar-refractivity contribution in [1.82, 2.24) is 9.97 Å². The zero-order valence-electron chi connectivity index (χ0n) is 9.27. The van der Waals surface area contributed by atoms with Crippen molar-refractivity contribution in [3.05, 3.63) is 48.6 Å². The third kappa shape index (κ3) is 2.88. The molecule has 2 nitrogen and oxygen atoms in total. The molecule has 0 spiro atoms. The van der Waals surface area contributed by atoms with Gasteiger partial charge in [0.1, 0.15) is 6.33 Å². The summed E-state index contributed by atoms with van der Waals surface area (Å²) in [5.74, 6) is 0.440. The Bertz CT molecular complexity index is 389. The summed E-state index contributed by atoms with van der Waals surface area (Å²) in [7, 11) is 0. The summed E-state index contributed by atoms with van der Waals surface area (Å²) in [5, 5.41) is 0. The SMILES string of the molecule is C=C/C(=C\c1ncncc1C=C)C(C)C. The molecule has 1 aromatic rings. The van der Waals surface area contributed by atoms with Gasteiger partial charge in [0.15, 0.2) is 0 Å². The molecule has 0 fully saturated rings. The van der Waals surface area contributed by atoms with Gasteiger partial charge in [-0.25, -0.2) is 9.97 Å². The van der Waals surface area contributed by atoms with E-state index in [-0.39, 0.29) is 0 Å². The van der Waals surface area contributed by atoms with Gasteiger partial charge in [-0.05, 0) is 17.6 Å². The van der Waals surface area contributed by atoms with E-state index in [4.69, 9.17) is 0 Å². The Balaban J connectivity index is 3.16. The summed E-state index contributed by atoms with van der Waals surface area (Å²) < 4.78 is 0. The van der Waals surface area contributed by atoms with Crippen molar-refractivity contribution < 1.29 is 0 Å². The highest BCUT2D eigenvalue weighted by molar-refractivity contribution is 5.63. The van der Waals surface area contributed by atoms with Crippen LogP contribution in [-0.4, -0.2) is 9.97 Å². The lowest BCUT2D eigenvalue weighted by Gasteiger charge is -2.06. The van der Waals surface area contributed by atoms with E-state index in [2.05, 4.69) is 37.0 Å². The lowest BCUT2D eigenvalue weighted by atomic mass is 10.0. The quantitative estimate of drug-likeness (QED) is 0.696. The largest absolute Gasteiger partial charge is 0.244 e. The lowest BCUT2D eigenvalue weighted by Crippen LogP contribution is -1.93. The topological polar surface area (TPSA) is 25.8 Å². The predicted octanol–water partition coefficient (Wildman–Crippen LogP) is 3.35. The number of allylic oxidation sites excluding steroid dienone is 2. The van der Waals surface area contributed by atoms with E-state index in [0.717, 1.165) is 16.8 Å². The van der Waals surface area contributed by atoms with Crippen molar-refractivity contribution in [3.63, 3.8) is 0 Å². The molecule has 0 aromatic carbocycles. The molecule has 0 amide bonds. The fraction of sp³-hybridized carbons (Fsp3) is 0.231. The van der Waals surface area contributed by atoms with Crippen molar-refractivity contribution in [3.8, 4) is 0 Å². The van der Waals surface area contributed by atoms with Crippen LogP contribution in [0.2, 0.25) is 0 Å². The van der Waals surface area contributed by atoms with Crippen LogP contribution in [0, 0.1) is 5.92 Å². The van der Waals surface area contributed by atoms with Crippen LogP contribution in [0.5, 0.6) is 0 Å². The Morgan fingerprint density at radius 3 is 2.67 bits per heavy atom. The third-order valence-corrected chi connectivity index (χ3v) is 2.20. The van der Waals surface area contributed by atoms with Gasteiger partial charge < -0.3 is 0 Å². The summed E-state index contributed by atoms with van der Waals surface area (Å²) in [6.07, 6.45) is 8.94. The number of rotatable bonds is 4. The highest BCUT2D eigenvalue weighted by Crippen LogP contribution is 2.16. The molecule has 0 aliphatic rings. The Kier molecular flexibility index (Phi) is 3.98. The first-order valence-corrected chi connectivity index (χ1v) is 4.95. The van der Waals surface area contributed by atoms with Gasteiger partial charge in [-0.1, -0.05) is 39.2 Å². The Hall–Kier alpha value is -1.70. The lowest BCUT2D eigenvalue weighted by molar-refractivity contribution is 0.797. The summed E-state index contributed by atoms with van der Waals surface area (Å²) in [6.45, 7) is 11.8. The Morgan fingerprint density at radius 1 is 1.40 bits per heavy atom. The molecule has 0 saturated carbocycles. The molecular weight excluding hydrogens is 184 g/mol. The maximum Gasteiger partial charge on any atom is 0.116 e. The molecule has 78 valence electrons. The first-order valence-electron chi connectivity index (χ1n) is 4.95. The zero-order chi connectivity index (χ0) is 11.3. The van der Waals surface area contributed by atoms with Gasteiger partial charge in [0, 0.05) is 11.8 Å². The number of nitrogens with zero attached hydrogens (tertiary/aromatic N) is 2. The van der Waals surface area contributed by atoms with Gasteiger partial charge in [-0.15, -0.1) is 0 Å². The Labute approximate surface area is 91.1 Å². The fourth-order valence-corrected chi connectivity index (χ4v) is 1.25. The van der Waals surface area contributed by atoms with Crippen molar-refractivity contribution in [2.24, 2.45) is 5.92 Å². The highest BCUT2D eigenvalue weighted by Gasteiger charge is 2.02. The maximum atomic E-state index is 4.21. The van der Waals surface area contributed by atoms with Crippen LogP contribution in [-0.2, 0) is 0 Å². The van der Waals surface area contributed by atoms with Crippen LogP contribution in [0.4, 0.5) is 0 Å². The standard InChI is InChI=1S/C13H16N2/c1-5-11(10(3)4)7-13-12(6-2)8-14-9-15-13/h5-10H,1-2H2,3-4H3/b11-7+. The van der Waals surface area contributed by atoms with E-state index in [9.17, 15) is 0 Å². The van der Waals surface area contributed by atoms with Gasteiger partial charge >= 0.3 is 0 Å². The summed E-state index contributed by atoms with van der Waals surface area (Å²) >= 11 is 0. The van der Waals surface area contributed by atoms with Gasteiger partial charge in [-0.3, -0.25) is 0 Å². The molecule has 15 heavy (non-hydrogen) atoms. The van der Waals surface area contributed by atoms with Crippen molar-refractivity contribution in [2.75, 3.05) is 0 Å². The van der Waals surface area contributed by atoms with E-state index in [1.54, 1.807) is 18.6 Å². The molecule has 1 aromatic heterocycles. The van der Waals surface area contributed by atoms with Crippen molar-refractivity contribution in [1.29, 1.82) is 0 Å². The molecule has 1 heterocycles. The first-order chi connectivity index (χ1) is 7.19. The molecule has 0 aliphatic heterocycles. The molecule has 0 saturated heterocycles. The minimum Gasteiger partial charge on any atom is -0.244 e. The minimum atomic E-state index is 0.440. The van der Waals surface area contributed by atoms with Crippen LogP contribution in [0.15, 0.2) is 37.3 Å². The number of hydrogen-bond acceptors (Lipinski definition) is 2. The highest BCUT2D eigenvalue weighted by atomic mass is 14.8. The Morgan fingerprint density at radius 2 is 2.13 bits per heavy atom. The van der Waals surface area contributed by atoms with E-state index in [1.165, 1.54) is 0 Å². The number of hydrogen-bond donors (Lipinski definition) is 0. The molecule has 1 rings (SSSR count). The van der Waals surface area contributed by atoms with Crippen LogP contribution >= 0.6 is 0 Å². The average molecular weight is 200 g/mol. The van der Waals surface area contributed by atoms with Gasteiger partial charge in [0.2, 0.25) is 0 Å². The van der Waals surface area contributed by atoms with E-state index >= 15 is 0 Å². The van der Waals surface area contributed by atoms with Crippen molar-refractivity contribution in [2.45, 2.75) is 13.8 Å². The third-order valence-electron chi connectivity index (χ3n) is 2.20. The molecular formula is C13H16N2.